The molecule has 0 aromatic heterocycles. The smallest absolute Gasteiger partial charge is 0.194 e. The Hall–Kier alpha value is -0.970. The standard InChI is InChI=1S/C6H9BrN2O2/c1-11-6(9)4(3-10)2-5(7)8/h2-3H,8-9H2,1H3/b5-2-,6-4-. The fourth-order valence-corrected chi connectivity index (χ4v) is 0.676. The zero-order valence-electron chi connectivity index (χ0n) is 6.00. The lowest BCUT2D eigenvalue weighted by molar-refractivity contribution is -0.104. The van der Waals surface area contributed by atoms with E-state index in [1.165, 1.54) is 13.2 Å². The summed E-state index contributed by atoms with van der Waals surface area (Å²) < 4.78 is 4.93. The van der Waals surface area contributed by atoms with Gasteiger partial charge in [0.25, 0.3) is 0 Å². The minimum atomic E-state index is 0.0439. The number of hydrogen-bond donors (Lipinski definition) is 2. The van der Waals surface area contributed by atoms with Crippen LogP contribution >= 0.6 is 15.9 Å². The predicted octanol–water partition coefficient (Wildman–Crippen LogP) is 0.197. The van der Waals surface area contributed by atoms with E-state index in [1.54, 1.807) is 0 Å². The Kier molecular flexibility index (Phi) is 4.36. The van der Waals surface area contributed by atoms with Gasteiger partial charge in [-0.25, -0.2) is 0 Å². The molecule has 4 N–H and O–H groups in total. The lowest BCUT2D eigenvalue weighted by Crippen LogP contribution is -2.05. The molecule has 0 amide bonds. The van der Waals surface area contributed by atoms with Gasteiger partial charge in [0, 0.05) is 0 Å². The Morgan fingerprint density at radius 2 is 2.09 bits per heavy atom. The molecule has 0 rings (SSSR count). The van der Waals surface area contributed by atoms with Crippen molar-refractivity contribution in [1.82, 2.24) is 0 Å². The Balaban J connectivity index is 4.66. The van der Waals surface area contributed by atoms with Gasteiger partial charge in [0.1, 0.15) is 0 Å². The Labute approximate surface area is 73.0 Å². The first-order chi connectivity index (χ1) is 5.11. The van der Waals surface area contributed by atoms with Crippen molar-refractivity contribution in [2.75, 3.05) is 7.11 Å². The first-order valence-corrected chi connectivity index (χ1v) is 3.52. The van der Waals surface area contributed by atoms with Crippen LogP contribution in [0.2, 0.25) is 0 Å². The molecule has 0 aromatic rings. The highest BCUT2D eigenvalue weighted by Gasteiger charge is 1.98. The van der Waals surface area contributed by atoms with Crippen molar-refractivity contribution < 1.29 is 9.53 Å². The molecule has 0 fully saturated rings. The molecule has 0 unspecified atom stereocenters. The molecule has 0 saturated heterocycles. The number of halogens is 1. The van der Waals surface area contributed by atoms with Gasteiger partial charge in [-0.2, -0.15) is 0 Å². The number of aldehydes is 1. The first kappa shape index (κ1) is 10.0. The number of allylic oxidation sites excluding steroid dienone is 2. The SMILES string of the molecule is CO/C(N)=C(C=O)/C=C(\N)Br. The minimum absolute atomic E-state index is 0.0439. The molecule has 5 heteroatoms. The van der Waals surface area contributed by atoms with Crippen molar-refractivity contribution >= 4 is 22.2 Å². The van der Waals surface area contributed by atoms with Gasteiger partial charge in [0.2, 0.25) is 0 Å². The van der Waals surface area contributed by atoms with Gasteiger partial charge < -0.3 is 16.2 Å². The van der Waals surface area contributed by atoms with Gasteiger partial charge in [0.05, 0.1) is 17.3 Å². The second-order valence-corrected chi connectivity index (χ2v) is 2.59. The minimum Gasteiger partial charge on any atom is -0.482 e. The molecular formula is C6H9BrN2O2. The highest BCUT2D eigenvalue weighted by Crippen LogP contribution is 2.03. The molecule has 0 heterocycles. The van der Waals surface area contributed by atoms with Crippen molar-refractivity contribution in [3.8, 4) is 0 Å². The van der Waals surface area contributed by atoms with Crippen LogP contribution in [0.15, 0.2) is 22.1 Å². The van der Waals surface area contributed by atoms with Crippen molar-refractivity contribution in [3.63, 3.8) is 0 Å². The zero-order valence-corrected chi connectivity index (χ0v) is 7.59. The number of rotatable bonds is 3. The summed E-state index contributed by atoms with van der Waals surface area (Å²) in [5.74, 6) is 0.0439. The van der Waals surface area contributed by atoms with Crippen LogP contribution in [0.1, 0.15) is 0 Å². The fraction of sp³-hybridized carbons (Fsp3) is 0.167. The molecule has 0 spiro atoms. The summed E-state index contributed by atoms with van der Waals surface area (Å²) in [4.78, 5) is 10.3. The van der Waals surface area contributed by atoms with Crippen LogP contribution in [0.25, 0.3) is 0 Å². The van der Waals surface area contributed by atoms with E-state index in [-0.39, 0.29) is 11.5 Å². The van der Waals surface area contributed by atoms with Crippen molar-refractivity contribution in [1.29, 1.82) is 0 Å². The summed E-state index contributed by atoms with van der Waals surface area (Å²) in [6.45, 7) is 0. The van der Waals surface area contributed by atoms with Gasteiger partial charge in [-0.15, -0.1) is 0 Å². The molecule has 4 nitrogen and oxygen atoms in total. The third kappa shape index (κ3) is 3.67. The topological polar surface area (TPSA) is 78.3 Å². The number of carbonyl (C=O) groups is 1. The maximum Gasteiger partial charge on any atom is 0.194 e. The van der Waals surface area contributed by atoms with Gasteiger partial charge in [0.15, 0.2) is 12.2 Å². The number of nitrogens with two attached hydrogens (primary N) is 2. The van der Waals surface area contributed by atoms with Gasteiger partial charge in [-0.1, -0.05) is 0 Å². The molecule has 0 bridgehead atoms. The quantitative estimate of drug-likeness (QED) is 0.234. The van der Waals surface area contributed by atoms with E-state index in [0.717, 1.165) is 0 Å². The fourth-order valence-electron chi connectivity index (χ4n) is 0.430. The van der Waals surface area contributed by atoms with E-state index in [9.17, 15) is 4.79 Å². The maximum atomic E-state index is 10.3. The van der Waals surface area contributed by atoms with Crippen LogP contribution in [0.4, 0.5) is 0 Å². The highest BCUT2D eigenvalue weighted by molar-refractivity contribution is 9.11. The van der Waals surface area contributed by atoms with Crippen molar-refractivity contribution in [2.24, 2.45) is 11.5 Å². The van der Waals surface area contributed by atoms with Crippen LogP contribution in [0.5, 0.6) is 0 Å². The molecule has 0 saturated carbocycles. The van der Waals surface area contributed by atoms with E-state index in [2.05, 4.69) is 20.7 Å². The maximum absolute atomic E-state index is 10.3. The van der Waals surface area contributed by atoms with Gasteiger partial charge in [-0.05, 0) is 22.0 Å². The molecular weight excluding hydrogens is 212 g/mol. The highest BCUT2D eigenvalue weighted by atomic mass is 79.9. The lowest BCUT2D eigenvalue weighted by Gasteiger charge is -1.99. The summed E-state index contributed by atoms with van der Waals surface area (Å²) in [6.07, 6.45) is 1.93. The Bertz CT molecular complexity index is 207. The normalized spacial score (nSPS) is 13.8. The van der Waals surface area contributed by atoms with E-state index < -0.39 is 0 Å². The number of methoxy groups -OCH3 is 1. The second kappa shape index (κ2) is 4.79. The zero-order chi connectivity index (χ0) is 8.85. The molecule has 62 valence electrons. The molecule has 0 radical (unpaired) electrons. The Morgan fingerprint density at radius 3 is 2.36 bits per heavy atom. The summed E-state index contributed by atoms with van der Waals surface area (Å²) in [5.41, 5.74) is 10.7. The number of ether oxygens (including phenoxy) is 1. The van der Waals surface area contributed by atoms with Crippen molar-refractivity contribution in [3.05, 3.63) is 22.1 Å². The molecule has 0 aliphatic carbocycles. The summed E-state index contributed by atoms with van der Waals surface area (Å²) in [7, 11) is 1.37. The molecule has 0 aliphatic heterocycles. The van der Waals surface area contributed by atoms with Crippen LogP contribution in [-0.2, 0) is 9.53 Å². The van der Waals surface area contributed by atoms with E-state index in [0.29, 0.717) is 10.9 Å². The molecule has 0 aliphatic rings. The third-order valence-corrected chi connectivity index (χ3v) is 1.15. The van der Waals surface area contributed by atoms with Gasteiger partial charge in [-0.3, -0.25) is 4.79 Å². The predicted molar refractivity (Wildman–Crippen MR) is 45.5 cm³/mol. The first-order valence-electron chi connectivity index (χ1n) is 2.73. The molecule has 0 atom stereocenters. The lowest BCUT2D eigenvalue weighted by atomic mass is 10.3. The Morgan fingerprint density at radius 1 is 1.55 bits per heavy atom. The molecule has 11 heavy (non-hydrogen) atoms. The largest absolute Gasteiger partial charge is 0.482 e. The van der Waals surface area contributed by atoms with Gasteiger partial charge >= 0.3 is 0 Å². The average Bonchev–Trinajstić information content (AvgIpc) is 1.98. The van der Waals surface area contributed by atoms with Crippen LogP contribution in [0, 0.1) is 0 Å². The monoisotopic (exact) mass is 220 g/mol. The van der Waals surface area contributed by atoms with E-state index in [4.69, 9.17) is 11.5 Å². The van der Waals surface area contributed by atoms with Crippen molar-refractivity contribution in [2.45, 2.75) is 0 Å². The summed E-state index contributed by atoms with van der Waals surface area (Å²) in [5, 5.41) is 0. The number of hydrogen-bond acceptors (Lipinski definition) is 4. The van der Waals surface area contributed by atoms with Crippen LogP contribution in [0.3, 0.4) is 0 Å². The third-order valence-electron chi connectivity index (χ3n) is 0.925. The second-order valence-electron chi connectivity index (χ2n) is 1.67. The number of carbonyl (C=O) groups excluding carboxylic acids is 1. The van der Waals surface area contributed by atoms with E-state index >= 15 is 0 Å². The average molecular weight is 221 g/mol. The summed E-state index contributed by atoms with van der Waals surface area (Å²) in [6, 6.07) is 0. The molecule has 0 aromatic carbocycles. The summed E-state index contributed by atoms with van der Waals surface area (Å²) >= 11 is 2.95. The van der Waals surface area contributed by atoms with Crippen LogP contribution < -0.4 is 11.5 Å². The van der Waals surface area contributed by atoms with Crippen LogP contribution in [-0.4, -0.2) is 13.4 Å². The van der Waals surface area contributed by atoms with E-state index in [1.807, 2.05) is 0 Å².